The third-order valence-electron chi connectivity index (χ3n) is 4.41. The maximum absolute atomic E-state index is 4.82. The highest BCUT2D eigenvalue weighted by Gasteiger charge is 2.25. The minimum atomic E-state index is 0.588. The molecule has 134 valence electrons. The minimum Gasteiger partial charge on any atom is -0.357 e. The highest BCUT2D eigenvalue weighted by molar-refractivity contribution is 7.13. The largest absolute Gasteiger partial charge is 0.357 e. The molecule has 5 nitrogen and oxygen atoms in total. The highest BCUT2D eigenvalue weighted by atomic mass is 32.1. The molecule has 0 bridgehead atoms. The Morgan fingerprint density at radius 1 is 1.36 bits per heavy atom. The quantitative estimate of drug-likeness (QED) is 0.659. The lowest BCUT2D eigenvalue weighted by Crippen LogP contribution is -2.40. The predicted octanol–water partition coefficient (Wildman–Crippen LogP) is 3.16. The van der Waals surface area contributed by atoms with Gasteiger partial charge in [-0.1, -0.05) is 30.3 Å². The molecule has 0 amide bonds. The van der Waals surface area contributed by atoms with Gasteiger partial charge < -0.3 is 15.1 Å². The zero-order chi connectivity index (χ0) is 17.6. The molecule has 2 aromatic rings. The first-order valence-corrected chi connectivity index (χ1v) is 9.75. The third kappa shape index (κ3) is 4.51. The second kappa shape index (κ2) is 8.34. The summed E-state index contributed by atoms with van der Waals surface area (Å²) in [6.45, 7) is 5.69. The molecule has 1 atom stereocenters. The van der Waals surface area contributed by atoms with Crippen LogP contribution in [0.25, 0.3) is 0 Å². The van der Waals surface area contributed by atoms with Crippen molar-refractivity contribution >= 4 is 22.4 Å². The van der Waals surface area contributed by atoms with Crippen LogP contribution in [0.3, 0.4) is 0 Å². The number of aliphatic imine (C=N–C) groups is 1. The summed E-state index contributed by atoms with van der Waals surface area (Å²) in [5.74, 6) is 1.59. The molecule has 0 spiro atoms. The van der Waals surface area contributed by atoms with Crippen LogP contribution in [0.5, 0.6) is 0 Å². The standard InChI is InChI=1S/C19H27N5S/c1-4-20-18(21-12-17-14-25-19(22-17)23(2)3)24-11-10-16(13-24)15-8-6-5-7-9-15/h5-9,14,16H,4,10-13H2,1-3H3,(H,20,21). The van der Waals surface area contributed by atoms with Gasteiger partial charge in [0.05, 0.1) is 12.2 Å². The maximum atomic E-state index is 4.82. The second-order valence-corrected chi connectivity index (χ2v) is 7.36. The monoisotopic (exact) mass is 357 g/mol. The van der Waals surface area contributed by atoms with Crippen molar-refractivity contribution in [3.8, 4) is 0 Å². The van der Waals surface area contributed by atoms with E-state index in [1.54, 1.807) is 11.3 Å². The van der Waals surface area contributed by atoms with Gasteiger partial charge in [0.2, 0.25) is 0 Å². The summed E-state index contributed by atoms with van der Waals surface area (Å²) >= 11 is 1.66. The Hall–Kier alpha value is -2.08. The van der Waals surface area contributed by atoms with E-state index in [1.165, 1.54) is 12.0 Å². The second-order valence-electron chi connectivity index (χ2n) is 6.53. The molecule has 25 heavy (non-hydrogen) atoms. The molecule has 1 saturated heterocycles. The summed E-state index contributed by atoms with van der Waals surface area (Å²) in [5, 5.41) is 6.56. The number of aromatic nitrogens is 1. The van der Waals surface area contributed by atoms with Gasteiger partial charge in [-0.3, -0.25) is 0 Å². The highest BCUT2D eigenvalue weighted by Crippen LogP contribution is 2.27. The van der Waals surface area contributed by atoms with Gasteiger partial charge in [0.25, 0.3) is 0 Å². The average molecular weight is 358 g/mol. The van der Waals surface area contributed by atoms with Crippen molar-refractivity contribution in [3.05, 3.63) is 47.0 Å². The molecule has 3 rings (SSSR count). The fraction of sp³-hybridized carbons (Fsp3) is 0.474. The van der Waals surface area contributed by atoms with Crippen LogP contribution in [0.4, 0.5) is 5.13 Å². The van der Waals surface area contributed by atoms with Gasteiger partial charge in [0, 0.05) is 45.0 Å². The zero-order valence-corrected chi connectivity index (χ0v) is 16.1. The van der Waals surface area contributed by atoms with E-state index in [9.17, 15) is 0 Å². The van der Waals surface area contributed by atoms with Crippen molar-refractivity contribution in [3.63, 3.8) is 0 Å². The number of nitrogens with one attached hydrogen (secondary N) is 1. The van der Waals surface area contributed by atoms with Gasteiger partial charge in [-0.2, -0.15) is 0 Å². The van der Waals surface area contributed by atoms with Crippen LogP contribution < -0.4 is 10.2 Å². The van der Waals surface area contributed by atoms with E-state index >= 15 is 0 Å². The summed E-state index contributed by atoms with van der Waals surface area (Å²) in [7, 11) is 4.04. The molecule has 0 aliphatic carbocycles. The van der Waals surface area contributed by atoms with Crippen molar-refractivity contribution in [1.29, 1.82) is 0 Å². The molecule has 1 fully saturated rings. The Kier molecular flexibility index (Phi) is 5.91. The maximum Gasteiger partial charge on any atom is 0.194 e. The zero-order valence-electron chi connectivity index (χ0n) is 15.3. The number of likely N-dealkylation sites (tertiary alicyclic amines) is 1. The van der Waals surface area contributed by atoms with Crippen molar-refractivity contribution in [2.24, 2.45) is 4.99 Å². The number of benzene rings is 1. The molecule has 1 aliphatic rings. The number of thiazole rings is 1. The van der Waals surface area contributed by atoms with E-state index in [1.807, 2.05) is 19.0 Å². The lowest BCUT2D eigenvalue weighted by atomic mass is 9.99. The van der Waals surface area contributed by atoms with Crippen molar-refractivity contribution in [1.82, 2.24) is 15.2 Å². The van der Waals surface area contributed by atoms with Gasteiger partial charge in [-0.05, 0) is 18.9 Å². The number of nitrogens with zero attached hydrogens (tertiary/aromatic N) is 4. The van der Waals surface area contributed by atoms with E-state index in [2.05, 4.69) is 57.8 Å². The fourth-order valence-electron chi connectivity index (χ4n) is 3.11. The van der Waals surface area contributed by atoms with Crippen LogP contribution in [-0.2, 0) is 6.54 Å². The van der Waals surface area contributed by atoms with Crippen LogP contribution in [0, 0.1) is 0 Å². The van der Waals surface area contributed by atoms with Crippen LogP contribution >= 0.6 is 11.3 Å². The minimum absolute atomic E-state index is 0.588. The summed E-state index contributed by atoms with van der Waals surface area (Å²) in [5.41, 5.74) is 2.46. The van der Waals surface area contributed by atoms with E-state index in [4.69, 9.17) is 4.99 Å². The Labute approximate surface area is 154 Å². The molecule has 2 heterocycles. The number of rotatable bonds is 5. The summed E-state index contributed by atoms with van der Waals surface area (Å²) in [6.07, 6.45) is 1.18. The van der Waals surface area contributed by atoms with E-state index in [0.29, 0.717) is 12.5 Å². The number of hydrogen-bond acceptors (Lipinski definition) is 4. The SMILES string of the molecule is CCNC(=NCc1csc(N(C)C)n1)N1CCC(c2ccccc2)C1. The first kappa shape index (κ1) is 17.7. The number of hydrogen-bond donors (Lipinski definition) is 1. The molecule has 1 aliphatic heterocycles. The average Bonchev–Trinajstić information content (AvgIpc) is 3.29. The molecule has 1 unspecified atom stereocenters. The van der Waals surface area contributed by atoms with Gasteiger partial charge in [-0.25, -0.2) is 9.98 Å². The first-order valence-electron chi connectivity index (χ1n) is 8.87. The van der Waals surface area contributed by atoms with Crippen molar-refractivity contribution in [2.75, 3.05) is 38.6 Å². The van der Waals surface area contributed by atoms with E-state index in [-0.39, 0.29) is 0 Å². The number of guanidine groups is 1. The normalized spacial score (nSPS) is 17.8. The topological polar surface area (TPSA) is 43.8 Å². The van der Waals surface area contributed by atoms with Gasteiger partial charge in [0.1, 0.15) is 0 Å². The molecule has 6 heteroatoms. The van der Waals surface area contributed by atoms with Crippen LogP contribution in [0.1, 0.15) is 30.5 Å². The Balaban J connectivity index is 1.66. The van der Waals surface area contributed by atoms with Crippen LogP contribution in [-0.4, -0.2) is 49.6 Å². The van der Waals surface area contributed by atoms with E-state index in [0.717, 1.165) is 36.4 Å². The Morgan fingerprint density at radius 3 is 2.84 bits per heavy atom. The molecule has 1 aromatic heterocycles. The summed E-state index contributed by atoms with van der Waals surface area (Å²) < 4.78 is 0. The van der Waals surface area contributed by atoms with Crippen LogP contribution in [0.2, 0.25) is 0 Å². The lowest BCUT2D eigenvalue weighted by Gasteiger charge is -2.21. The molecule has 0 saturated carbocycles. The van der Waals surface area contributed by atoms with Crippen molar-refractivity contribution in [2.45, 2.75) is 25.8 Å². The predicted molar refractivity (Wildman–Crippen MR) is 107 cm³/mol. The van der Waals surface area contributed by atoms with Crippen LogP contribution in [0.15, 0.2) is 40.7 Å². The molecular weight excluding hydrogens is 330 g/mol. The Morgan fingerprint density at radius 2 is 2.16 bits per heavy atom. The molecular formula is C19H27N5S. The van der Waals surface area contributed by atoms with E-state index < -0.39 is 0 Å². The van der Waals surface area contributed by atoms with Gasteiger partial charge >= 0.3 is 0 Å². The molecule has 1 N–H and O–H groups in total. The Bertz CT molecular complexity index is 695. The fourth-order valence-corrected chi connectivity index (χ4v) is 3.86. The summed E-state index contributed by atoms with van der Waals surface area (Å²) in [4.78, 5) is 13.9. The van der Waals surface area contributed by atoms with Gasteiger partial charge in [0.15, 0.2) is 11.1 Å². The molecule has 1 aromatic carbocycles. The lowest BCUT2D eigenvalue weighted by molar-refractivity contribution is 0.486. The first-order chi connectivity index (χ1) is 12.2. The van der Waals surface area contributed by atoms with Gasteiger partial charge in [-0.15, -0.1) is 11.3 Å². The number of anilines is 1. The summed E-state index contributed by atoms with van der Waals surface area (Å²) in [6, 6.07) is 10.8. The third-order valence-corrected chi connectivity index (χ3v) is 5.46. The molecule has 0 radical (unpaired) electrons. The smallest absolute Gasteiger partial charge is 0.194 e. The van der Waals surface area contributed by atoms with Crippen molar-refractivity contribution < 1.29 is 0 Å².